The summed E-state index contributed by atoms with van der Waals surface area (Å²) in [6, 6.07) is 11.0. The van der Waals surface area contributed by atoms with Crippen LogP contribution in [0, 0.1) is 0 Å². The van der Waals surface area contributed by atoms with E-state index in [9.17, 15) is 13.2 Å². The standard InChI is InChI=1S/C15H9ClF3NO/c16-10-5-3-9(4-6-10)12-8-11(13-2-1-7-21-13)14(20-12)15(17,18)19/h1-8,20H. The second kappa shape index (κ2) is 5.00. The van der Waals surface area contributed by atoms with Crippen molar-refractivity contribution in [3.05, 3.63) is 59.4 Å². The fourth-order valence-corrected chi connectivity index (χ4v) is 2.22. The third kappa shape index (κ3) is 2.69. The maximum absolute atomic E-state index is 13.1. The number of hydrogen-bond acceptors (Lipinski definition) is 1. The van der Waals surface area contributed by atoms with Gasteiger partial charge in [-0.05, 0) is 35.9 Å². The number of halogens is 4. The summed E-state index contributed by atoms with van der Waals surface area (Å²) in [5, 5.41) is 0.521. The normalized spacial score (nSPS) is 11.8. The Kier molecular flexibility index (Phi) is 3.29. The lowest BCUT2D eigenvalue weighted by molar-refractivity contribution is -0.140. The number of alkyl halides is 3. The van der Waals surface area contributed by atoms with Gasteiger partial charge < -0.3 is 9.40 Å². The van der Waals surface area contributed by atoms with Gasteiger partial charge in [-0.15, -0.1) is 0 Å². The van der Waals surface area contributed by atoms with Crippen LogP contribution < -0.4 is 0 Å². The van der Waals surface area contributed by atoms with Gasteiger partial charge in [0.25, 0.3) is 0 Å². The number of furan rings is 1. The molecule has 1 N–H and O–H groups in total. The lowest BCUT2D eigenvalue weighted by atomic mass is 10.1. The lowest BCUT2D eigenvalue weighted by Gasteiger charge is -2.06. The van der Waals surface area contributed by atoms with E-state index in [1.54, 1.807) is 30.3 Å². The van der Waals surface area contributed by atoms with Crippen LogP contribution in [0.25, 0.3) is 22.6 Å². The number of aromatic amines is 1. The van der Waals surface area contributed by atoms with Crippen molar-refractivity contribution >= 4 is 11.6 Å². The van der Waals surface area contributed by atoms with Gasteiger partial charge in [-0.2, -0.15) is 13.2 Å². The molecule has 0 unspecified atom stereocenters. The fraction of sp³-hybridized carbons (Fsp3) is 0.0667. The molecule has 0 amide bonds. The Bertz CT molecular complexity index is 742. The number of benzene rings is 1. The highest BCUT2D eigenvalue weighted by Crippen LogP contribution is 2.39. The molecular weight excluding hydrogens is 303 g/mol. The van der Waals surface area contributed by atoms with Gasteiger partial charge in [0.2, 0.25) is 0 Å². The summed E-state index contributed by atoms with van der Waals surface area (Å²) in [7, 11) is 0. The first-order chi connectivity index (χ1) is 9.95. The van der Waals surface area contributed by atoms with E-state index in [4.69, 9.17) is 16.0 Å². The van der Waals surface area contributed by atoms with Crippen molar-refractivity contribution in [2.75, 3.05) is 0 Å². The minimum Gasteiger partial charge on any atom is -0.464 e. The molecule has 0 fully saturated rings. The number of aromatic nitrogens is 1. The highest BCUT2D eigenvalue weighted by molar-refractivity contribution is 6.30. The molecule has 108 valence electrons. The molecule has 0 aliphatic rings. The van der Waals surface area contributed by atoms with Gasteiger partial charge in [-0.25, -0.2) is 0 Å². The SMILES string of the molecule is FC(F)(F)c1[nH]c(-c2ccc(Cl)cc2)cc1-c1ccco1. The maximum Gasteiger partial charge on any atom is 0.431 e. The molecule has 0 spiro atoms. The number of hydrogen-bond donors (Lipinski definition) is 1. The predicted molar refractivity (Wildman–Crippen MR) is 73.9 cm³/mol. The van der Waals surface area contributed by atoms with E-state index in [1.165, 1.54) is 18.4 Å². The number of H-pyrrole nitrogens is 1. The van der Waals surface area contributed by atoms with Crippen LogP contribution in [0.3, 0.4) is 0 Å². The molecule has 0 atom stereocenters. The monoisotopic (exact) mass is 311 g/mol. The Morgan fingerprint density at radius 3 is 2.33 bits per heavy atom. The zero-order valence-electron chi connectivity index (χ0n) is 10.5. The second-order valence-corrected chi connectivity index (χ2v) is 4.89. The van der Waals surface area contributed by atoms with E-state index in [0.29, 0.717) is 16.3 Å². The molecule has 21 heavy (non-hydrogen) atoms. The summed E-state index contributed by atoms with van der Waals surface area (Å²) >= 11 is 5.78. The Labute approximate surface area is 123 Å². The quantitative estimate of drug-likeness (QED) is 0.654. The average Bonchev–Trinajstić information content (AvgIpc) is 3.07. The van der Waals surface area contributed by atoms with Crippen LogP contribution in [-0.4, -0.2) is 4.98 Å². The Morgan fingerprint density at radius 1 is 1.05 bits per heavy atom. The molecule has 2 aromatic heterocycles. The van der Waals surface area contributed by atoms with Crippen molar-refractivity contribution in [2.24, 2.45) is 0 Å². The van der Waals surface area contributed by atoms with Crippen molar-refractivity contribution in [2.45, 2.75) is 6.18 Å². The van der Waals surface area contributed by atoms with Gasteiger partial charge in [0, 0.05) is 16.3 Å². The molecule has 3 rings (SSSR count). The third-order valence-corrected chi connectivity index (χ3v) is 3.29. The smallest absolute Gasteiger partial charge is 0.431 e. The Balaban J connectivity index is 2.14. The first-order valence-corrected chi connectivity index (χ1v) is 6.43. The largest absolute Gasteiger partial charge is 0.464 e. The molecule has 0 radical (unpaired) electrons. The molecule has 6 heteroatoms. The third-order valence-electron chi connectivity index (χ3n) is 3.04. The second-order valence-electron chi connectivity index (χ2n) is 4.45. The summed E-state index contributed by atoms with van der Waals surface area (Å²) in [5.41, 5.74) is 0.118. The zero-order valence-corrected chi connectivity index (χ0v) is 11.3. The van der Waals surface area contributed by atoms with E-state index in [0.717, 1.165) is 0 Å². The van der Waals surface area contributed by atoms with Gasteiger partial charge in [0.05, 0.1) is 6.26 Å². The summed E-state index contributed by atoms with van der Waals surface area (Å²) in [6.07, 6.45) is -3.16. The molecule has 0 saturated carbocycles. The van der Waals surface area contributed by atoms with Crippen molar-refractivity contribution in [1.29, 1.82) is 0 Å². The van der Waals surface area contributed by atoms with E-state index in [2.05, 4.69) is 4.98 Å². The van der Waals surface area contributed by atoms with Crippen LogP contribution in [0.5, 0.6) is 0 Å². The van der Waals surface area contributed by atoms with Gasteiger partial charge in [0.15, 0.2) is 0 Å². The first-order valence-electron chi connectivity index (χ1n) is 6.05. The van der Waals surface area contributed by atoms with Crippen molar-refractivity contribution < 1.29 is 17.6 Å². The topological polar surface area (TPSA) is 28.9 Å². The molecule has 0 aliphatic heterocycles. The van der Waals surface area contributed by atoms with Crippen LogP contribution in [-0.2, 0) is 6.18 Å². The van der Waals surface area contributed by atoms with Gasteiger partial charge in [0.1, 0.15) is 11.5 Å². The molecule has 0 bridgehead atoms. The highest BCUT2D eigenvalue weighted by atomic mass is 35.5. The Hall–Kier alpha value is -2.14. The van der Waals surface area contributed by atoms with Crippen molar-refractivity contribution in [3.63, 3.8) is 0 Å². The average molecular weight is 312 g/mol. The van der Waals surface area contributed by atoms with E-state index in [1.807, 2.05) is 0 Å². The summed E-state index contributed by atoms with van der Waals surface area (Å²) in [6.45, 7) is 0. The molecule has 2 nitrogen and oxygen atoms in total. The van der Waals surface area contributed by atoms with Crippen LogP contribution >= 0.6 is 11.6 Å². The molecule has 2 heterocycles. The molecule has 0 saturated heterocycles. The van der Waals surface area contributed by atoms with Crippen LogP contribution in [0.1, 0.15) is 5.69 Å². The highest BCUT2D eigenvalue weighted by Gasteiger charge is 2.36. The minimum absolute atomic E-state index is 0.0162. The number of nitrogens with one attached hydrogen (secondary N) is 1. The summed E-state index contributed by atoms with van der Waals surface area (Å²) in [5.74, 6) is 0.166. The van der Waals surface area contributed by atoms with Crippen LogP contribution in [0.15, 0.2) is 53.1 Å². The van der Waals surface area contributed by atoms with Gasteiger partial charge >= 0.3 is 6.18 Å². The molecule has 0 aliphatic carbocycles. The van der Waals surface area contributed by atoms with E-state index >= 15 is 0 Å². The summed E-state index contributed by atoms with van der Waals surface area (Å²) in [4.78, 5) is 2.42. The molecular formula is C15H9ClF3NO. The minimum atomic E-state index is -4.49. The first kappa shape index (κ1) is 13.8. The Morgan fingerprint density at radius 2 is 1.76 bits per heavy atom. The van der Waals surface area contributed by atoms with Gasteiger partial charge in [-0.1, -0.05) is 23.7 Å². The van der Waals surface area contributed by atoms with Gasteiger partial charge in [-0.3, -0.25) is 0 Å². The van der Waals surface area contributed by atoms with Crippen molar-refractivity contribution in [3.8, 4) is 22.6 Å². The lowest BCUT2D eigenvalue weighted by Crippen LogP contribution is -2.07. The fourth-order valence-electron chi connectivity index (χ4n) is 2.09. The zero-order chi connectivity index (χ0) is 15.0. The van der Waals surface area contributed by atoms with Crippen molar-refractivity contribution in [1.82, 2.24) is 4.98 Å². The molecule has 1 aromatic carbocycles. The van der Waals surface area contributed by atoms with Crippen LogP contribution in [0.2, 0.25) is 5.02 Å². The predicted octanol–water partition coefficient (Wildman–Crippen LogP) is 5.61. The maximum atomic E-state index is 13.1. The van der Waals surface area contributed by atoms with E-state index < -0.39 is 11.9 Å². The number of rotatable bonds is 2. The molecule has 3 aromatic rings. The van der Waals surface area contributed by atoms with E-state index in [-0.39, 0.29) is 11.3 Å². The van der Waals surface area contributed by atoms with Crippen LogP contribution in [0.4, 0.5) is 13.2 Å². The summed E-state index contributed by atoms with van der Waals surface area (Å²) < 4.78 is 44.5.